The Morgan fingerprint density at radius 1 is 1.29 bits per heavy atom. The minimum absolute atomic E-state index is 0.0691. The van der Waals surface area contributed by atoms with Crippen LogP contribution >= 0.6 is 0 Å². The number of methoxy groups -OCH3 is 2. The van der Waals surface area contributed by atoms with Crippen LogP contribution in [-0.4, -0.2) is 50.3 Å². The van der Waals surface area contributed by atoms with Crippen molar-refractivity contribution in [3.8, 4) is 5.75 Å². The number of likely N-dealkylation sites (N-methyl/N-ethyl adjacent to an activating group) is 1. The highest BCUT2D eigenvalue weighted by atomic mass is 16.5. The van der Waals surface area contributed by atoms with Gasteiger partial charge >= 0.3 is 0 Å². The van der Waals surface area contributed by atoms with Gasteiger partial charge in [0.1, 0.15) is 11.8 Å². The maximum atomic E-state index is 12.3. The van der Waals surface area contributed by atoms with Crippen LogP contribution in [0.2, 0.25) is 0 Å². The molecule has 0 aliphatic rings. The Bertz CT molecular complexity index is 434. The zero-order valence-corrected chi connectivity index (χ0v) is 13.3. The third kappa shape index (κ3) is 5.02. The first kappa shape index (κ1) is 17.5. The SMILES string of the molecule is CCN(C(=O)C(N)COC)C(C)Cc1ccc(OC)cc1. The van der Waals surface area contributed by atoms with Crippen molar-refractivity contribution in [2.24, 2.45) is 5.73 Å². The summed E-state index contributed by atoms with van der Waals surface area (Å²) in [5.74, 6) is 0.761. The predicted molar refractivity (Wildman–Crippen MR) is 83.4 cm³/mol. The Kier molecular flexibility index (Phi) is 7.19. The fraction of sp³-hybridized carbons (Fsp3) is 0.562. The van der Waals surface area contributed by atoms with Crippen LogP contribution in [-0.2, 0) is 16.0 Å². The van der Waals surface area contributed by atoms with Crippen molar-refractivity contribution < 1.29 is 14.3 Å². The largest absolute Gasteiger partial charge is 0.497 e. The van der Waals surface area contributed by atoms with E-state index in [2.05, 4.69) is 0 Å². The average molecular weight is 294 g/mol. The lowest BCUT2D eigenvalue weighted by atomic mass is 10.0. The van der Waals surface area contributed by atoms with Crippen molar-refractivity contribution >= 4 is 5.91 Å². The molecule has 0 spiro atoms. The van der Waals surface area contributed by atoms with Gasteiger partial charge in [0.05, 0.1) is 13.7 Å². The summed E-state index contributed by atoms with van der Waals surface area (Å²) < 4.78 is 10.1. The van der Waals surface area contributed by atoms with E-state index in [1.165, 1.54) is 0 Å². The fourth-order valence-corrected chi connectivity index (χ4v) is 2.36. The van der Waals surface area contributed by atoms with E-state index in [1.54, 1.807) is 19.1 Å². The maximum absolute atomic E-state index is 12.3. The van der Waals surface area contributed by atoms with Gasteiger partial charge in [-0.3, -0.25) is 4.79 Å². The maximum Gasteiger partial charge on any atom is 0.242 e. The molecule has 21 heavy (non-hydrogen) atoms. The summed E-state index contributed by atoms with van der Waals surface area (Å²) >= 11 is 0. The monoisotopic (exact) mass is 294 g/mol. The van der Waals surface area contributed by atoms with Crippen molar-refractivity contribution in [2.45, 2.75) is 32.4 Å². The van der Waals surface area contributed by atoms with E-state index < -0.39 is 6.04 Å². The van der Waals surface area contributed by atoms with Crippen LogP contribution in [0.5, 0.6) is 5.75 Å². The fourth-order valence-electron chi connectivity index (χ4n) is 2.36. The molecule has 0 saturated carbocycles. The van der Waals surface area contributed by atoms with Gasteiger partial charge in [0.2, 0.25) is 5.91 Å². The number of ether oxygens (including phenoxy) is 2. The summed E-state index contributed by atoms with van der Waals surface area (Å²) in [6, 6.07) is 7.37. The van der Waals surface area contributed by atoms with Crippen molar-refractivity contribution in [3.05, 3.63) is 29.8 Å². The number of rotatable bonds is 8. The molecule has 0 aliphatic heterocycles. The summed E-state index contributed by atoms with van der Waals surface area (Å²) in [5, 5.41) is 0. The first-order chi connectivity index (χ1) is 10.0. The van der Waals surface area contributed by atoms with Crippen molar-refractivity contribution in [2.75, 3.05) is 27.4 Å². The number of nitrogens with two attached hydrogens (primary N) is 1. The molecule has 1 rings (SSSR count). The van der Waals surface area contributed by atoms with Gasteiger partial charge in [0.25, 0.3) is 0 Å². The van der Waals surface area contributed by atoms with Gasteiger partial charge in [-0.1, -0.05) is 12.1 Å². The second-order valence-corrected chi connectivity index (χ2v) is 5.09. The third-order valence-corrected chi connectivity index (χ3v) is 3.51. The second kappa shape index (κ2) is 8.64. The van der Waals surface area contributed by atoms with Gasteiger partial charge < -0.3 is 20.1 Å². The number of benzene rings is 1. The highest BCUT2D eigenvalue weighted by Crippen LogP contribution is 2.15. The van der Waals surface area contributed by atoms with Crippen LogP contribution in [0.1, 0.15) is 19.4 Å². The normalized spacial score (nSPS) is 13.6. The Morgan fingerprint density at radius 3 is 2.38 bits per heavy atom. The van der Waals surface area contributed by atoms with Crippen molar-refractivity contribution in [1.82, 2.24) is 4.90 Å². The Balaban J connectivity index is 2.69. The van der Waals surface area contributed by atoms with E-state index in [4.69, 9.17) is 15.2 Å². The average Bonchev–Trinajstić information content (AvgIpc) is 2.48. The number of amides is 1. The highest BCUT2D eigenvalue weighted by molar-refractivity contribution is 5.82. The van der Waals surface area contributed by atoms with E-state index >= 15 is 0 Å². The number of nitrogens with zero attached hydrogens (tertiary/aromatic N) is 1. The summed E-state index contributed by atoms with van der Waals surface area (Å²) in [4.78, 5) is 14.1. The first-order valence-corrected chi connectivity index (χ1v) is 7.21. The molecule has 2 unspecified atom stereocenters. The molecule has 0 radical (unpaired) electrons. The van der Waals surface area contributed by atoms with Crippen LogP contribution in [0.4, 0.5) is 0 Å². The predicted octanol–water partition coefficient (Wildman–Crippen LogP) is 1.45. The lowest BCUT2D eigenvalue weighted by Crippen LogP contribution is -2.50. The van der Waals surface area contributed by atoms with Gasteiger partial charge in [-0.25, -0.2) is 0 Å². The zero-order valence-electron chi connectivity index (χ0n) is 13.3. The van der Waals surface area contributed by atoms with E-state index in [1.807, 2.05) is 38.1 Å². The van der Waals surface area contributed by atoms with E-state index in [0.717, 1.165) is 17.7 Å². The number of carbonyl (C=O) groups is 1. The minimum atomic E-state index is -0.603. The molecule has 0 bridgehead atoms. The van der Waals surface area contributed by atoms with Gasteiger partial charge in [0.15, 0.2) is 0 Å². The van der Waals surface area contributed by atoms with Gasteiger partial charge in [-0.2, -0.15) is 0 Å². The Hall–Kier alpha value is -1.59. The molecular formula is C16H26N2O3. The topological polar surface area (TPSA) is 64.8 Å². The molecule has 5 nitrogen and oxygen atoms in total. The minimum Gasteiger partial charge on any atom is -0.497 e. The summed E-state index contributed by atoms with van der Waals surface area (Å²) in [5.41, 5.74) is 7.00. The molecule has 2 atom stereocenters. The van der Waals surface area contributed by atoms with Gasteiger partial charge in [-0.05, 0) is 38.0 Å². The van der Waals surface area contributed by atoms with Crippen LogP contribution < -0.4 is 10.5 Å². The van der Waals surface area contributed by atoms with Crippen molar-refractivity contribution in [3.63, 3.8) is 0 Å². The second-order valence-electron chi connectivity index (χ2n) is 5.09. The van der Waals surface area contributed by atoms with Crippen LogP contribution in [0.15, 0.2) is 24.3 Å². The molecule has 0 aromatic heterocycles. The molecule has 0 saturated heterocycles. The first-order valence-electron chi connectivity index (χ1n) is 7.21. The van der Waals surface area contributed by atoms with Crippen LogP contribution in [0, 0.1) is 0 Å². The molecule has 5 heteroatoms. The lowest BCUT2D eigenvalue weighted by Gasteiger charge is -2.30. The molecule has 1 aromatic rings. The Labute approximate surface area is 127 Å². The Morgan fingerprint density at radius 2 is 1.90 bits per heavy atom. The van der Waals surface area contributed by atoms with Gasteiger partial charge in [0, 0.05) is 19.7 Å². The lowest BCUT2D eigenvalue weighted by molar-refractivity contribution is -0.135. The van der Waals surface area contributed by atoms with Gasteiger partial charge in [-0.15, -0.1) is 0 Å². The molecule has 118 valence electrons. The van der Waals surface area contributed by atoms with E-state index in [9.17, 15) is 4.79 Å². The smallest absolute Gasteiger partial charge is 0.242 e. The quantitative estimate of drug-likeness (QED) is 0.788. The number of hydrogen-bond acceptors (Lipinski definition) is 4. The summed E-state index contributed by atoms with van der Waals surface area (Å²) in [6.45, 7) is 4.87. The summed E-state index contributed by atoms with van der Waals surface area (Å²) in [7, 11) is 3.19. The highest BCUT2D eigenvalue weighted by Gasteiger charge is 2.24. The van der Waals surface area contributed by atoms with Crippen LogP contribution in [0.3, 0.4) is 0 Å². The van der Waals surface area contributed by atoms with Crippen LogP contribution in [0.25, 0.3) is 0 Å². The molecule has 2 N–H and O–H groups in total. The molecule has 0 aliphatic carbocycles. The van der Waals surface area contributed by atoms with Crippen molar-refractivity contribution in [1.29, 1.82) is 0 Å². The molecule has 1 aromatic carbocycles. The zero-order chi connectivity index (χ0) is 15.8. The number of carbonyl (C=O) groups excluding carboxylic acids is 1. The van der Waals surface area contributed by atoms with E-state index in [0.29, 0.717) is 6.54 Å². The molecule has 0 fully saturated rings. The standard InChI is InChI=1S/C16H26N2O3/c1-5-18(16(19)15(17)11-20-3)12(2)10-13-6-8-14(21-4)9-7-13/h6-9,12,15H,5,10-11,17H2,1-4H3. The van der Waals surface area contributed by atoms with E-state index in [-0.39, 0.29) is 18.6 Å². The molecule has 1 amide bonds. The molecular weight excluding hydrogens is 268 g/mol. The molecule has 0 heterocycles. The third-order valence-electron chi connectivity index (χ3n) is 3.51. The number of hydrogen-bond donors (Lipinski definition) is 1. The summed E-state index contributed by atoms with van der Waals surface area (Å²) in [6.07, 6.45) is 0.781.